The highest BCUT2D eigenvalue weighted by Crippen LogP contribution is 2.40. The smallest absolute Gasteiger partial charge is 0.126 e. The van der Waals surface area contributed by atoms with Crippen LogP contribution in [0.3, 0.4) is 0 Å². The molecule has 0 fully saturated rings. The van der Waals surface area contributed by atoms with Gasteiger partial charge >= 0.3 is 0 Å². The summed E-state index contributed by atoms with van der Waals surface area (Å²) in [6.45, 7) is 0. The number of hydrogen-bond donors (Lipinski definition) is 0. The molecule has 1 unspecified atom stereocenters. The molecular formula is C9H5BrCl2OS. The van der Waals surface area contributed by atoms with Gasteiger partial charge in [0.15, 0.2) is 0 Å². The number of alkyl halides is 1. The van der Waals surface area contributed by atoms with E-state index in [1.165, 1.54) is 11.3 Å². The Labute approximate surface area is 104 Å². The number of halogens is 3. The van der Waals surface area contributed by atoms with Crippen LogP contribution >= 0.6 is 50.5 Å². The summed E-state index contributed by atoms with van der Waals surface area (Å²) in [4.78, 5) is 0.971. The van der Waals surface area contributed by atoms with E-state index in [-0.39, 0.29) is 5.38 Å². The fourth-order valence-corrected chi connectivity index (χ4v) is 3.12. The lowest BCUT2D eigenvalue weighted by Crippen LogP contribution is -1.85. The number of furan rings is 1. The Hall–Kier alpha value is 0.0400. The van der Waals surface area contributed by atoms with Crippen LogP contribution in [-0.4, -0.2) is 0 Å². The van der Waals surface area contributed by atoms with Crippen LogP contribution in [-0.2, 0) is 0 Å². The molecule has 0 amide bonds. The van der Waals surface area contributed by atoms with Gasteiger partial charge in [-0.25, -0.2) is 0 Å². The van der Waals surface area contributed by atoms with Crippen LogP contribution in [0.2, 0.25) is 5.02 Å². The molecule has 0 aliphatic heterocycles. The van der Waals surface area contributed by atoms with Crippen molar-refractivity contribution in [3.05, 3.63) is 43.9 Å². The zero-order chi connectivity index (χ0) is 10.1. The summed E-state index contributed by atoms with van der Waals surface area (Å²) in [5.74, 6) is 0.733. The minimum absolute atomic E-state index is 0.265. The van der Waals surface area contributed by atoms with Gasteiger partial charge in [0.05, 0.1) is 15.1 Å². The third kappa shape index (κ3) is 2.01. The van der Waals surface area contributed by atoms with Crippen molar-refractivity contribution >= 4 is 50.5 Å². The van der Waals surface area contributed by atoms with E-state index in [1.54, 1.807) is 6.26 Å². The van der Waals surface area contributed by atoms with Crippen molar-refractivity contribution in [2.45, 2.75) is 5.38 Å². The van der Waals surface area contributed by atoms with Gasteiger partial charge in [-0.1, -0.05) is 11.6 Å². The Morgan fingerprint density at radius 1 is 1.50 bits per heavy atom. The molecule has 1 atom stereocenters. The summed E-state index contributed by atoms with van der Waals surface area (Å²) >= 11 is 17.0. The maximum Gasteiger partial charge on any atom is 0.126 e. The molecule has 0 saturated heterocycles. The predicted molar refractivity (Wildman–Crippen MR) is 63.4 cm³/mol. The third-order valence-electron chi connectivity index (χ3n) is 1.71. The SMILES string of the molecule is Clc1cc(C(Cl)c2ccco2)sc1Br. The highest BCUT2D eigenvalue weighted by atomic mass is 79.9. The molecule has 0 radical (unpaired) electrons. The van der Waals surface area contributed by atoms with Gasteiger partial charge in [0.25, 0.3) is 0 Å². The van der Waals surface area contributed by atoms with Gasteiger partial charge < -0.3 is 4.42 Å². The molecule has 74 valence electrons. The van der Waals surface area contributed by atoms with Crippen molar-refractivity contribution in [2.75, 3.05) is 0 Å². The average Bonchev–Trinajstić information content (AvgIpc) is 2.76. The van der Waals surface area contributed by atoms with Gasteiger partial charge in [0.2, 0.25) is 0 Å². The van der Waals surface area contributed by atoms with Gasteiger partial charge in [-0.3, -0.25) is 0 Å². The van der Waals surface area contributed by atoms with Crippen LogP contribution in [0.15, 0.2) is 32.7 Å². The van der Waals surface area contributed by atoms with Crippen molar-refractivity contribution < 1.29 is 4.42 Å². The lowest BCUT2D eigenvalue weighted by atomic mass is 10.3. The van der Waals surface area contributed by atoms with Crippen LogP contribution in [0.5, 0.6) is 0 Å². The van der Waals surface area contributed by atoms with E-state index in [1.807, 2.05) is 18.2 Å². The molecular weight excluding hydrogens is 307 g/mol. The second-order valence-electron chi connectivity index (χ2n) is 2.65. The first kappa shape index (κ1) is 10.6. The molecule has 0 N–H and O–H groups in total. The lowest BCUT2D eigenvalue weighted by Gasteiger charge is -2.01. The molecule has 0 aliphatic rings. The quantitative estimate of drug-likeness (QED) is 0.704. The van der Waals surface area contributed by atoms with E-state index in [0.29, 0.717) is 5.02 Å². The molecule has 2 rings (SSSR count). The Balaban J connectivity index is 2.32. The highest BCUT2D eigenvalue weighted by molar-refractivity contribution is 9.11. The van der Waals surface area contributed by atoms with Gasteiger partial charge in [-0.15, -0.1) is 22.9 Å². The van der Waals surface area contributed by atoms with E-state index in [0.717, 1.165) is 14.4 Å². The summed E-state index contributed by atoms with van der Waals surface area (Å²) in [5, 5.41) is 0.418. The first-order chi connectivity index (χ1) is 6.68. The lowest BCUT2D eigenvalue weighted by molar-refractivity contribution is 0.517. The minimum Gasteiger partial charge on any atom is -0.467 e. The van der Waals surface area contributed by atoms with E-state index >= 15 is 0 Å². The molecule has 14 heavy (non-hydrogen) atoms. The fraction of sp³-hybridized carbons (Fsp3) is 0.111. The second kappa shape index (κ2) is 4.27. The molecule has 0 saturated carbocycles. The van der Waals surface area contributed by atoms with E-state index in [4.69, 9.17) is 27.6 Å². The molecule has 0 aromatic carbocycles. The normalized spacial score (nSPS) is 13.1. The molecule has 0 bridgehead atoms. The maximum absolute atomic E-state index is 6.20. The minimum atomic E-state index is -0.265. The van der Waals surface area contributed by atoms with Crippen molar-refractivity contribution in [2.24, 2.45) is 0 Å². The van der Waals surface area contributed by atoms with Crippen LogP contribution in [0.4, 0.5) is 0 Å². The van der Waals surface area contributed by atoms with Gasteiger partial charge in [-0.2, -0.15) is 0 Å². The Morgan fingerprint density at radius 2 is 2.29 bits per heavy atom. The summed E-state index contributed by atoms with van der Waals surface area (Å²) in [6.07, 6.45) is 1.61. The van der Waals surface area contributed by atoms with E-state index < -0.39 is 0 Å². The van der Waals surface area contributed by atoms with Crippen molar-refractivity contribution in [1.29, 1.82) is 0 Å². The van der Waals surface area contributed by atoms with Gasteiger partial charge in [-0.05, 0) is 34.1 Å². The zero-order valence-electron chi connectivity index (χ0n) is 6.84. The third-order valence-corrected chi connectivity index (χ3v) is 4.83. The Bertz CT molecular complexity index is 404. The van der Waals surface area contributed by atoms with Gasteiger partial charge in [0.1, 0.15) is 11.1 Å². The van der Waals surface area contributed by atoms with Crippen LogP contribution in [0.1, 0.15) is 16.0 Å². The Kier molecular flexibility index (Phi) is 3.22. The standard InChI is InChI=1S/C9H5BrCl2OS/c10-9-5(11)4-7(14-9)8(12)6-2-1-3-13-6/h1-4,8H. The monoisotopic (exact) mass is 310 g/mol. The van der Waals surface area contributed by atoms with Crippen molar-refractivity contribution in [3.8, 4) is 0 Å². The molecule has 0 spiro atoms. The van der Waals surface area contributed by atoms with Crippen LogP contribution in [0, 0.1) is 0 Å². The van der Waals surface area contributed by atoms with E-state index in [9.17, 15) is 0 Å². The van der Waals surface area contributed by atoms with E-state index in [2.05, 4.69) is 15.9 Å². The Morgan fingerprint density at radius 3 is 2.79 bits per heavy atom. The van der Waals surface area contributed by atoms with Crippen LogP contribution in [0.25, 0.3) is 0 Å². The predicted octanol–water partition coefficient (Wildman–Crippen LogP) is 5.09. The summed E-state index contributed by atoms with van der Waals surface area (Å²) < 4.78 is 6.11. The van der Waals surface area contributed by atoms with Crippen LogP contribution < -0.4 is 0 Å². The molecule has 2 aromatic rings. The molecule has 2 aromatic heterocycles. The molecule has 1 nitrogen and oxygen atoms in total. The summed E-state index contributed by atoms with van der Waals surface area (Å²) in [5.41, 5.74) is 0. The first-order valence-electron chi connectivity index (χ1n) is 3.80. The molecule has 0 aliphatic carbocycles. The topological polar surface area (TPSA) is 13.1 Å². The average molecular weight is 312 g/mol. The second-order valence-corrected chi connectivity index (χ2v) is 5.89. The number of thiophene rings is 1. The maximum atomic E-state index is 6.20. The largest absolute Gasteiger partial charge is 0.467 e. The molecule has 5 heteroatoms. The number of rotatable bonds is 2. The summed E-state index contributed by atoms with van der Waals surface area (Å²) in [7, 11) is 0. The number of hydrogen-bond acceptors (Lipinski definition) is 2. The molecule has 2 heterocycles. The zero-order valence-corrected chi connectivity index (χ0v) is 10.8. The highest BCUT2D eigenvalue weighted by Gasteiger charge is 2.17. The fourth-order valence-electron chi connectivity index (χ4n) is 1.06. The van der Waals surface area contributed by atoms with Crippen molar-refractivity contribution in [1.82, 2.24) is 0 Å². The van der Waals surface area contributed by atoms with Crippen molar-refractivity contribution in [3.63, 3.8) is 0 Å². The van der Waals surface area contributed by atoms with Gasteiger partial charge in [0, 0.05) is 4.88 Å². The summed E-state index contributed by atoms with van der Waals surface area (Å²) in [6, 6.07) is 5.50. The first-order valence-corrected chi connectivity index (χ1v) is 6.23.